The fraction of sp³-hybridized carbons (Fsp3) is 0.368. The summed E-state index contributed by atoms with van der Waals surface area (Å²) in [7, 11) is 0. The van der Waals surface area contributed by atoms with E-state index in [0.29, 0.717) is 12.5 Å². The molecule has 1 heterocycles. The number of nitrogens with one attached hydrogen (secondary N) is 1. The summed E-state index contributed by atoms with van der Waals surface area (Å²) >= 11 is 0. The predicted molar refractivity (Wildman–Crippen MR) is 95.5 cm³/mol. The van der Waals surface area contributed by atoms with Crippen LogP contribution in [0.3, 0.4) is 0 Å². The molecule has 3 rings (SSSR count). The van der Waals surface area contributed by atoms with Crippen molar-refractivity contribution in [3.05, 3.63) is 59.9 Å². The van der Waals surface area contributed by atoms with Gasteiger partial charge in [-0.25, -0.2) is 4.39 Å². The van der Waals surface area contributed by atoms with Gasteiger partial charge in [-0.1, -0.05) is 12.1 Å². The second kappa shape index (κ2) is 9.50. The molecule has 0 aliphatic carbocycles. The van der Waals surface area contributed by atoms with Crippen LogP contribution in [0.1, 0.15) is 18.4 Å². The molecule has 3 nitrogen and oxygen atoms in total. The van der Waals surface area contributed by atoms with Gasteiger partial charge < -0.3 is 14.8 Å². The van der Waals surface area contributed by atoms with E-state index in [4.69, 9.17) is 9.47 Å². The van der Waals surface area contributed by atoms with E-state index in [2.05, 4.69) is 5.32 Å². The average molecular weight is 352 g/mol. The first-order valence-electron chi connectivity index (χ1n) is 8.10. The molecule has 0 bridgehead atoms. The SMILES string of the molecule is Cl.Fc1cccc(COc2ccc(OCC3CCNCC3)cc2)c1. The molecular formula is C19H23ClFNO2. The van der Waals surface area contributed by atoms with Crippen molar-refractivity contribution in [3.8, 4) is 11.5 Å². The highest BCUT2D eigenvalue weighted by atomic mass is 35.5. The maximum atomic E-state index is 13.1. The molecule has 1 fully saturated rings. The molecule has 1 N–H and O–H groups in total. The lowest BCUT2D eigenvalue weighted by Gasteiger charge is -2.22. The maximum Gasteiger partial charge on any atom is 0.123 e. The van der Waals surface area contributed by atoms with E-state index >= 15 is 0 Å². The molecular weight excluding hydrogens is 329 g/mol. The number of hydrogen-bond acceptors (Lipinski definition) is 3. The lowest BCUT2D eigenvalue weighted by molar-refractivity contribution is 0.215. The molecule has 0 aromatic heterocycles. The smallest absolute Gasteiger partial charge is 0.123 e. The molecule has 1 saturated heterocycles. The van der Waals surface area contributed by atoms with E-state index in [0.717, 1.165) is 36.8 Å². The highest BCUT2D eigenvalue weighted by Crippen LogP contribution is 2.20. The van der Waals surface area contributed by atoms with Crippen LogP contribution in [0, 0.1) is 11.7 Å². The minimum absolute atomic E-state index is 0. The van der Waals surface area contributed by atoms with Crippen LogP contribution >= 0.6 is 12.4 Å². The summed E-state index contributed by atoms with van der Waals surface area (Å²) in [5.41, 5.74) is 0.816. The van der Waals surface area contributed by atoms with Crippen LogP contribution in [0.25, 0.3) is 0 Å². The fourth-order valence-electron chi connectivity index (χ4n) is 2.69. The van der Waals surface area contributed by atoms with E-state index in [-0.39, 0.29) is 18.2 Å². The molecule has 0 unspecified atom stereocenters. The maximum absolute atomic E-state index is 13.1. The van der Waals surface area contributed by atoms with Crippen molar-refractivity contribution in [3.63, 3.8) is 0 Å². The zero-order valence-electron chi connectivity index (χ0n) is 13.5. The lowest BCUT2D eigenvalue weighted by atomic mass is 9.99. The third-order valence-corrected chi connectivity index (χ3v) is 4.06. The van der Waals surface area contributed by atoms with Gasteiger partial charge >= 0.3 is 0 Å². The van der Waals surface area contributed by atoms with Crippen molar-refractivity contribution in [2.24, 2.45) is 5.92 Å². The summed E-state index contributed by atoms with van der Waals surface area (Å²) in [6.07, 6.45) is 2.35. The first kappa shape index (κ1) is 18.6. The van der Waals surface area contributed by atoms with Crippen LogP contribution in [-0.4, -0.2) is 19.7 Å². The Morgan fingerprint density at radius 3 is 2.29 bits per heavy atom. The molecule has 1 aliphatic heterocycles. The summed E-state index contributed by atoms with van der Waals surface area (Å²) in [4.78, 5) is 0. The van der Waals surface area contributed by atoms with E-state index < -0.39 is 0 Å². The molecule has 2 aromatic carbocycles. The average Bonchev–Trinajstić information content (AvgIpc) is 2.60. The summed E-state index contributed by atoms with van der Waals surface area (Å²) in [6, 6.07) is 14.1. The first-order chi connectivity index (χ1) is 11.3. The Balaban J connectivity index is 0.00000208. The Bertz CT molecular complexity index is 615. The highest BCUT2D eigenvalue weighted by Gasteiger charge is 2.13. The highest BCUT2D eigenvalue weighted by molar-refractivity contribution is 5.85. The Labute approximate surface area is 148 Å². The van der Waals surface area contributed by atoms with Crippen LogP contribution in [0.4, 0.5) is 4.39 Å². The Morgan fingerprint density at radius 1 is 0.958 bits per heavy atom. The van der Waals surface area contributed by atoms with Gasteiger partial charge in [-0.3, -0.25) is 0 Å². The largest absolute Gasteiger partial charge is 0.493 e. The van der Waals surface area contributed by atoms with Crippen molar-refractivity contribution in [2.75, 3.05) is 19.7 Å². The molecule has 0 atom stereocenters. The Hall–Kier alpha value is -1.78. The third kappa shape index (κ3) is 5.69. The Kier molecular flexibility index (Phi) is 7.35. The van der Waals surface area contributed by atoms with Crippen molar-refractivity contribution < 1.29 is 13.9 Å². The van der Waals surface area contributed by atoms with E-state index in [1.165, 1.54) is 25.0 Å². The minimum Gasteiger partial charge on any atom is -0.493 e. The summed E-state index contributed by atoms with van der Waals surface area (Å²) in [5, 5.41) is 3.36. The van der Waals surface area contributed by atoms with Gasteiger partial charge in [0.2, 0.25) is 0 Å². The van der Waals surface area contributed by atoms with Crippen LogP contribution in [-0.2, 0) is 6.61 Å². The van der Waals surface area contributed by atoms with Gasteiger partial charge in [0.1, 0.15) is 23.9 Å². The molecule has 1 aliphatic rings. The van der Waals surface area contributed by atoms with Crippen LogP contribution in [0.5, 0.6) is 11.5 Å². The second-order valence-corrected chi connectivity index (χ2v) is 5.89. The van der Waals surface area contributed by atoms with Crippen molar-refractivity contribution in [1.29, 1.82) is 0 Å². The van der Waals surface area contributed by atoms with Crippen LogP contribution in [0.15, 0.2) is 48.5 Å². The van der Waals surface area contributed by atoms with E-state index in [1.54, 1.807) is 6.07 Å². The van der Waals surface area contributed by atoms with Crippen LogP contribution < -0.4 is 14.8 Å². The summed E-state index contributed by atoms with van der Waals surface area (Å²) < 4.78 is 24.6. The topological polar surface area (TPSA) is 30.5 Å². The summed E-state index contributed by atoms with van der Waals surface area (Å²) in [6.45, 7) is 3.29. The van der Waals surface area contributed by atoms with Crippen LogP contribution in [0.2, 0.25) is 0 Å². The molecule has 24 heavy (non-hydrogen) atoms. The van der Waals surface area contributed by atoms with Crippen molar-refractivity contribution in [1.82, 2.24) is 5.32 Å². The first-order valence-corrected chi connectivity index (χ1v) is 8.10. The van der Waals surface area contributed by atoms with E-state index in [1.807, 2.05) is 30.3 Å². The van der Waals surface area contributed by atoms with Gasteiger partial charge in [-0.15, -0.1) is 12.4 Å². The van der Waals surface area contributed by atoms with Gasteiger partial charge in [0.25, 0.3) is 0 Å². The molecule has 130 valence electrons. The van der Waals surface area contributed by atoms with Gasteiger partial charge in [0.05, 0.1) is 6.61 Å². The molecule has 0 saturated carbocycles. The molecule has 5 heteroatoms. The monoisotopic (exact) mass is 351 g/mol. The number of piperidine rings is 1. The third-order valence-electron chi connectivity index (χ3n) is 4.06. The number of benzene rings is 2. The minimum atomic E-state index is -0.243. The summed E-state index contributed by atoms with van der Waals surface area (Å²) in [5.74, 6) is 2.01. The van der Waals surface area contributed by atoms with Gasteiger partial charge in [-0.2, -0.15) is 0 Å². The molecule has 2 aromatic rings. The standard InChI is InChI=1S/C19H22FNO2.ClH/c20-17-3-1-2-16(12-17)14-23-19-6-4-18(5-7-19)22-13-15-8-10-21-11-9-15;/h1-7,12,15,21H,8-11,13-14H2;1H. The zero-order chi connectivity index (χ0) is 15.9. The second-order valence-electron chi connectivity index (χ2n) is 5.89. The van der Waals surface area contributed by atoms with Gasteiger partial charge in [-0.05, 0) is 73.8 Å². The lowest BCUT2D eigenvalue weighted by Crippen LogP contribution is -2.30. The fourth-order valence-corrected chi connectivity index (χ4v) is 2.69. The normalized spacial score (nSPS) is 14.7. The number of ether oxygens (including phenoxy) is 2. The molecule has 0 amide bonds. The van der Waals surface area contributed by atoms with Gasteiger partial charge in [0, 0.05) is 0 Å². The quantitative estimate of drug-likeness (QED) is 0.845. The van der Waals surface area contributed by atoms with Gasteiger partial charge in [0.15, 0.2) is 0 Å². The number of hydrogen-bond donors (Lipinski definition) is 1. The van der Waals surface area contributed by atoms with Crippen molar-refractivity contribution in [2.45, 2.75) is 19.4 Å². The Morgan fingerprint density at radius 2 is 1.62 bits per heavy atom. The zero-order valence-corrected chi connectivity index (χ0v) is 14.4. The number of rotatable bonds is 6. The molecule has 0 radical (unpaired) electrons. The van der Waals surface area contributed by atoms with E-state index in [9.17, 15) is 4.39 Å². The number of halogens is 2. The van der Waals surface area contributed by atoms with Crippen molar-refractivity contribution >= 4 is 12.4 Å². The predicted octanol–water partition coefficient (Wildman–Crippen LogP) is 4.20. The molecule has 0 spiro atoms.